The second-order valence-electron chi connectivity index (χ2n) is 7.75. The summed E-state index contributed by atoms with van der Waals surface area (Å²) in [7, 11) is 1.79. The molecule has 0 unspecified atom stereocenters. The zero-order valence-electron chi connectivity index (χ0n) is 18.6. The van der Waals surface area contributed by atoms with E-state index in [0.29, 0.717) is 25.9 Å². The molecular formula is C25H36N2O4. The lowest BCUT2D eigenvalue weighted by Gasteiger charge is -2.24. The smallest absolute Gasteiger partial charge is 0.304 e. The number of carbonyl (C=O) groups excluding carboxylic acids is 2. The number of allylic oxidation sites excluding steroid dienone is 2. The lowest BCUT2D eigenvalue weighted by atomic mass is 9.93. The number of rotatable bonds is 16. The van der Waals surface area contributed by atoms with Gasteiger partial charge in [-0.05, 0) is 44.1 Å². The van der Waals surface area contributed by atoms with E-state index in [9.17, 15) is 14.4 Å². The normalized spacial score (nSPS) is 12.4. The van der Waals surface area contributed by atoms with Crippen LogP contribution in [-0.2, 0) is 14.4 Å². The van der Waals surface area contributed by atoms with Gasteiger partial charge in [0.1, 0.15) is 0 Å². The fourth-order valence-electron chi connectivity index (χ4n) is 3.50. The number of amides is 2. The number of unbranched alkanes of at least 4 members (excludes halogenated alkanes) is 2. The van der Waals surface area contributed by atoms with E-state index >= 15 is 0 Å². The van der Waals surface area contributed by atoms with Crippen molar-refractivity contribution in [3.05, 3.63) is 61.2 Å². The molecule has 0 aromatic heterocycles. The summed E-state index contributed by atoms with van der Waals surface area (Å²) in [4.78, 5) is 38.5. The first kappa shape index (κ1) is 26.1. The van der Waals surface area contributed by atoms with Gasteiger partial charge in [-0.15, -0.1) is 13.2 Å². The van der Waals surface area contributed by atoms with E-state index in [-0.39, 0.29) is 24.2 Å². The molecular weight excluding hydrogens is 392 g/mol. The minimum atomic E-state index is -0.989. The SMILES string of the molecule is C=CCCC[C@H](CC(=O)O)C(=O)NCC[C@H](C(=O)N(C)CCCC=C)c1ccccc1. The number of aliphatic carboxylic acids is 1. The van der Waals surface area contributed by atoms with Gasteiger partial charge in [0.05, 0.1) is 12.3 Å². The molecule has 0 spiro atoms. The second-order valence-corrected chi connectivity index (χ2v) is 7.75. The van der Waals surface area contributed by atoms with Gasteiger partial charge in [-0.3, -0.25) is 14.4 Å². The van der Waals surface area contributed by atoms with E-state index in [0.717, 1.165) is 31.2 Å². The number of benzene rings is 1. The third-order valence-electron chi connectivity index (χ3n) is 5.26. The summed E-state index contributed by atoms with van der Waals surface area (Å²) in [5, 5.41) is 12.0. The molecule has 0 radical (unpaired) electrons. The maximum atomic E-state index is 13.1. The van der Waals surface area contributed by atoms with E-state index in [1.54, 1.807) is 18.0 Å². The summed E-state index contributed by atoms with van der Waals surface area (Å²) in [5.74, 6) is -2.20. The third-order valence-corrected chi connectivity index (χ3v) is 5.26. The monoisotopic (exact) mass is 428 g/mol. The van der Waals surface area contributed by atoms with Crippen LogP contribution in [0.1, 0.15) is 56.4 Å². The van der Waals surface area contributed by atoms with Gasteiger partial charge in [-0.2, -0.15) is 0 Å². The first-order valence-electron chi connectivity index (χ1n) is 10.9. The Kier molecular flexibility index (Phi) is 12.6. The van der Waals surface area contributed by atoms with Crippen LogP contribution < -0.4 is 5.32 Å². The molecule has 0 aliphatic rings. The topological polar surface area (TPSA) is 86.7 Å². The number of carboxylic acid groups (broad SMARTS) is 1. The Morgan fingerprint density at radius 2 is 1.71 bits per heavy atom. The minimum Gasteiger partial charge on any atom is -0.481 e. The maximum Gasteiger partial charge on any atom is 0.304 e. The molecule has 1 aromatic carbocycles. The van der Waals surface area contributed by atoms with Crippen molar-refractivity contribution in [2.24, 2.45) is 5.92 Å². The predicted molar refractivity (Wildman–Crippen MR) is 124 cm³/mol. The van der Waals surface area contributed by atoms with Crippen LogP contribution in [0.25, 0.3) is 0 Å². The highest BCUT2D eigenvalue weighted by atomic mass is 16.4. The van der Waals surface area contributed by atoms with Crippen molar-refractivity contribution in [3.63, 3.8) is 0 Å². The fraction of sp³-hybridized carbons (Fsp3) is 0.480. The number of hydrogen-bond donors (Lipinski definition) is 2. The summed E-state index contributed by atoms with van der Waals surface area (Å²) < 4.78 is 0. The molecule has 0 aliphatic heterocycles. The van der Waals surface area contributed by atoms with Crippen molar-refractivity contribution in [2.75, 3.05) is 20.1 Å². The van der Waals surface area contributed by atoms with Crippen LogP contribution in [0.3, 0.4) is 0 Å². The second kappa shape index (κ2) is 15.0. The molecule has 0 bridgehead atoms. The molecule has 2 atom stereocenters. The number of nitrogens with zero attached hydrogens (tertiary/aromatic N) is 1. The average Bonchev–Trinajstić information content (AvgIpc) is 2.76. The number of carbonyl (C=O) groups is 3. The van der Waals surface area contributed by atoms with Crippen molar-refractivity contribution < 1.29 is 19.5 Å². The van der Waals surface area contributed by atoms with Crippen molar-refractivity contribution in [1.29, 1.82) is 0 Å². The van der Waals surface area contributed by atoms with Crippen LogP contribution in [0.15, 0.2) is 55.6 Å². The van der Waals surface area contributed by atoms with Crippen LogP contribution in [0.2, 0.25) is 0 Å². The van der Waals surface area contributed by atoms with Crippen LogP contribution in [0.5, 0.6) is 0 Å². The molecule has 0 aliphatic carbocycles. The Morgan fingerprint density at radius 1 is 1.06 bits per heavy atom. The lowest BCUT2D eigenvalue weighted by Crippen LogP contribution is -2.36. The van der Waals surface area contributed by atoms with Gasteiger partial charge in [0.25, 0.3) is 0 Å². The number of likely N-dealkylation sites (N-methyl/N-ethyl adjacent to an activating group) is 1. The third kappa shape index (κ3) is 10.1. The molecule has 2 amide bonds. The predicted octanol–water partition coefficient (Wildman–Crippen LogP) is 4.15. The molecule has 0 saturated heterocycles. The molecule has 1 aromatic rings. The van der Waals surface area contributed by atoms with E-state index in [1.807, 2.05) is 36.4 Å². The quantitative estimate of drug-likeness (QED) is 0.306. The van der Waals surface area contributed by atoms with Gasteiger partial charge in [0.2, 0.25) is 11.8 Å². The number of hydrogen-bond acceptors (Lipinski definition) is 3. The van der Waals surface area contributed by atoms with Crippen molar-refractivity contribution in [3.8, 4) is 0 Å². The van der Waals surface area contributed by atoms with Crippen molar-refractivity contribution in [1.82, 2.24) is 10.2 Å². The highest BCUT2D eigenvalue weighted by molar-refractivity contribution is 5.84. The lowest BCUT2D eigenvalue weighted by molar-refractivity contribution is -0.141. The standard InChI is InChI=1S/C25H36N2O4/c1-4-6-9-15-21(19-23(28)29)24(30)26-17-16-22(20-13-10-8-11-14-20)25(31)27(3)18-12-7-5-2/h4-5,8,10-11,13-14,21-22H,1-2,6-7,9,12,15-19H2,3H3,(H,26,30)(H,28,29)/t21-,22+/m1/s1. The first-order chi connectivity index (χ1) is 14.9. The van der Waals surface area contributed by atoms with Gasteiger partial charge in [-0.25, -0.2) is 0 Å². The zero-order valence-corrected chi connectivity index (χ0v) is 18.6. The Hall–Kier alpha value is -2.89. The summed E-state index contributed by atoms with van der Waals surface area (Å²) in [5.41, 5.74) is 0.908. The minimum absolute atomic E-state index is 0.0116. The maximum absolute atomic E-state index is 13.1. The molecule has 1 rings (SSSR count). The Bertz CT molecular complexity index is 717. The molecule has 0 heterocycles. The van der Waals surface area contributed by atoms with E-state index in [1.165, 1.54) is 0 Å². The number of carboxylic acids is 1. The summed E-state index contributed by atoms with van der Waals surface area (Å²) in [6.45, 7) is 8.32. The Morgan fingerprint density at radius 3 is 2.32 bits per heavy atom. The molecule has 6 heteroatoms. The average molecular weight is 429 g/mol. The van der Waals surface area contributed by atoms with Gasteiger partial charge in [0, 0.05) is 26.1 Å². The van der Waals surface area contributed by atoms with Crippen LogP contribution >= 0.6 is 0 Å². The van der Waals surface area contributed by atoms with Crippen LogP contribution in [-0.4, -0.2) is 47.9 Å². The van der Waals surface area contributed by atoms with Gasteiger partial charge in [0.15, 0.2) is 0 Å². The molecule has 0 saturated carbocycles. The number of nitrogens with one attached hydrogen (secondary N) is 1. The van der Waals surface area contributed by atoms with Crippen molar-refractivity contribution >= 4 is 17.8 Å². The highest BCUT2D eigenvalue weighted by Gasteiger charge is 2.25. The van der Waals surface area contributed by atoms with Gasteiger partial charge >= 0.3 is 5.97 Å². The largest absolute Gasteiger partial charge is 0.481 e. The molecule has 2 N–H and O–H groups in total. The van der Waals surface area contributed by atoms with E-state index in [2.05, 4.69) is 18.5 Å². The molecule has 0 fully saturated rings. The first-order valence-corrected chi connectivity index (χ1v) is 10.9. The highest BCUT2D eigenvalue weighted by Crippen LogP contribution is 2.22. The molecule has 31 heavy (non-hydrogen) atoms. The van der Waals surface area contributed by atoms with E-state index < -0.39 is 11.9 Å². The van der Waals surface area contributed by atoms with Gasteiger partial charge < -0.3 is 15.3 Å². The summed E-state index contributed by atoms with van der Waals surface area (Å²) >= 11 is 0. The van der Waals surface area contributed by atoms with Crippen LogP contribution in [0, 0.1) is 5.92 Å². The van der Waals surface area contributed by atoms with Gasteiger partial charge in [-0.1, -0.05) is 42.5 Å². The molecule has 6 nitrogen and oxygen atoms in total. The van der Waals surface area contributed by atoms with E-state index in [4.69, 9.17) is 5.11 Å². The Balaban J connectivity index is 2.75. The summed E-state index contributed by atoms with van der Waals surface area (Å²) in [6.07, 6.45) is 7.51. The Labute approximate surface area is 186 Å². The fourth-order valence-corrected chi connectivity index (χ4v) is 3.50. The zero-order chi connectivity index (χ0) is 23.1. The summed E-state index contributed by atoms with van der Waals surface area (Å²) in [6, 6.07) is 9.54. The van der Waals surface area contributed by atoms with Crippen molar-refractivity contribution in [2.45, 2.75) is 50.9 Å². The van der Waals surface area contributed by atoms with Crippen LogP contribution in [0.4, 0.5) is 0 Å². The molecule has 170 valence electrons.